The fourth-order valence-electron chi connectivity index (χ4n) is 3.21. The topological polar surface area (TPSA) is 62.3 Å². The summed E-state index contributed by atoms with van der Waals surface area (Å²) in [5, 5.41) is 2.88. The molecule has 1 saturated heterocycles. The zero-order chi connectivity index (χ0) is 17.8. The first-order valence-corrected chi connectivity index (χ1v) is 8.67. The molecular formula is C20H23N3O2. The number of hydrogen-bond donors (Lipinski definition) is 1. The average molecular weight is 337 g/mol. The van der Waals surface area contributed by atoms with Gasteiger partial charge in [-0.1, -0.05) is 6.07 Å². The summed E-state index contributed by atoms with van der Waals surface area (Å²) >= 11 is 0. The minimum Gasteiger partial charge on any atom is -0.339 e. The normalized spacial score (nSPS) is 14.2. The third kappa shape index (κ3) is 4.24. The lowest BCUT2D eigenvalue weighted by atomic mass is 10.1. The highest BCUT2D eigenvalue weighted by atomic mass is 16.2. The molecule has 5 nitrogen and oxygen atoms in total. The first-order valence-electron chi connectivity index (χ1n) is 8.67. The van der Waals surface area contributed by atoms with Crippen molar-refractivity contribution in [2.45, 2.75) is 33.1 Å². The molecular weight excluding hydrogens is 314 g/mol. The van der Waals surface area contributed by atoms with E-state index in [1.54, 1.807) is 6.07 Å². The van der Waals surface area contributed by atoms with Gasteiger partial charge in [-0.25, -0.2) is 0 Å². The van der Waals surface area contributed by atoms with Gasteiger partial charge in [-0.3, -0.25) is 14.6 Å². The summed E-state index contributed by atoms with van der Waals surface area (Å²) in [6.45, 7) is 5.53. The van der Waals surface area contributed by atoms with Crippen molar-refractivity contribution in [3.63, 3.8) is 0 Å². The number of aromatic nitrogens is 1. The maximum absolute atomic E-state index is 12.6. The minimum absolute atomic E-state index is 0.0479. The van der Waals surface area contributed by atoms with Crippen LogP contribution in [0.4, 0.5) is 5.69 Å². The Balaban J connectivity index is 1.76. The zero-order valence-electron chi connectivity index (χ0n) is 14.7. The number of pyridine rings is 1. The van der Waals surface area contributed by atoms with E-state index < -0.39 is 0 Å². The van der Waals surface area contributed by atoms with Crippen LogP contribution in [0.25, 0.3) is 0 Å². The number of anilines is 1. The minimum atomic E-state index is -0.259. The number of carbonyl (C=O) groups is 2. The Bertz CT molecular complexity index is 775. The smallest absolute Gasteiger partial charge is 0.257 e. The highest BCUT2D eigenvalue weighted by molar-refractivity contribution is 6.05. The van der Waals surface area contributed by atoms with E-state index in [0.717, 1.165) is 42.7 Å². The Morgan fingerprint density at radius 3 is 2.24 bits per heavy atom. The van der Waals surface area contributed by atoms with E-state index in [4.69, 9.17) is 0 Å². The van der Waals surface area contributed by atoms with Gasteiger partial charge in [-0.15, -0.1) is 0 Å². The van der Waals surface area contributed by atoms with Gasteiger partial charge < -0.3 is 10.2 Å². The molecule has 0 atom stereocenters. The molecule has 0 aliphatic carbocycles. The second-order valence-corrected chi connectivity index (χ2v) is 6.65. The molecule has 3 rings (SSSR count). The van der Waals surface area contributed by atoms with E-state index in [0.29, 0.717) is 11.1 Å². The molecule has 1 aliphatic heterocycles. The molecule has 1 N–H and O–H groups in total. The van der Waals surface area contributed by atoms with E-state index in [9.17, 15) is 9.59 Å². The van der Waals surface area contributed by atoms with Crippen LogP contribution < -0.4 is 5.32 Å². The van der Waals surface area contributed by atoms with Gasteiger partial charge >= 0.3 is 0 Å². The fraction of sp³-hybridized carbons (Fsp3) is 0.350. The monoisotopic (exact) mass is 337 g/mol. The quantitative estimate of drug-likeness (QED) is 0.931. The van der Waals surface area contributed by atoms with Crippen LogP contribution in [0.15, 0.2) is 36.7 Å². The lowest BCUT2D eigenvalue weighted by Gasteiger charge is -2.26. The summed E-state index contributed by atoms with van der Waals surface area (Å²) in [5.41, 5.74) is 3.78. The van der Waals surface area contributed by atoms with Gasteiger partial charge in [0.15, 0.2) is 0 Å². The average Bonchev–Trinajstić information content (AvgIpc) is 2.61. The third-order valence-corrected chi connectivity index (χ3v) is 4.37. The fourth-order valence-corrected chi connectivity index (χ4v) is 3.21. The van der Waals surface area contributed by atoms with Crippen LogP contribution in [-0.4, -0.2) is 34.8 Å². The van der Waals surface area contributed by atoms with Gasteiger partial charge in [0.05, 0.1) is 11.1 Å². The molecule has 2 heterocycles. The van der Waals surface area contributed by atoms with Gasteiger partial charge in [0.25, 0.3) is 11.8 Å². The summed E-state index contributed by atoms with van der Waals surface area (Å²) in [5.74, 6) is -0.306. The Labute approximate surface area is 148 Å². The molecule has 5 heteroatoms. The number of hydrogen-bond acceptors (Lipinski definition) is 3. The van der Waals surface area contributed by atoms with Gasteiger partial charge in [0, 0.05) is 31.2 Å². The maximum atomic E-state index is 12.6. The third-order valence-electron chi connectivity index (χ3n) is 4.37. The second kappa shape index (κ2) is 7.47. The van der Waals surface area contributed by atoms with Crippen LogP contribution in [-0.2, 0) is 0 Å². The standard InChI is InChI=1S/C20H23N3O2/c1-14-8-15(2)10-18(9-14)22-19(24)16-11-17(13-21-12-16)20(25)23-6-4-3-5-7-23/h8-13H,3-7H2,1-2H3,(H,22,24). The van der Waals surface area contributed by atoms with E-state index in [2.05, 4.69) is 16.4 Å². The van der Waals surface area contributed by atoms with E-state index in [1.165, 1.54) is 18.8 Å². The molecule has 0 spiro atoms. The van der Waals surface area contributed by atoms with Crippen molar-refractivity contribution in [1.82, 2.24) is 9.88 Å². The van der Waals surface area contributed by atoms with Crippen LogP contribution in [0.1, 0.15) is 51.1 Å². The first kappa shape index (κ1) is 17.1. The largest absolute Gasteiger partial charge is 0.339 e. The summed E-state index contributed by atoms with van der Waals surface area (Å²) in [7, 11) is 0. The Morgan fingerprint density at radius 2 is 1.56 bits per heavy atom. The summed E-state index contributed by atoms with van der Waals surface area (Å²) < 4.78 is 0. The van der Waals surface area contributed by atoms with Crippen molar-refractivity contribution in [2.75, 3.05) is 18.4 Å². The first-order chi connectivity index (χ1) is 12.0. The van der Waals surface area contributed by atoms with Crippen LogP contribution in [0.5, 0.6) is 0 Å². The van der Waals surface area contributed by atoms with E-state index >= 15 is 0 Å². The highest BCUT2D eigenvalue weighted by Gasteiger charge is 2.19. The number of aryl methyl sites for hydroxylation is 2. The molecule has 25 heavy (non-hydrogen) atoms. The van der Waals surface area contributed by atoms with Gasteiger partial charge in [0.1, 0.15) is 0 Å². The number of rotatable bonds is 3. The predicted octanol–water partition coefficient (Wildman–Crippen LogP) is 3.58. The Kier molecular flexibility index (Phi) is 5.12. The molecule has 130 valence electrons. The molecule has 1 aromatic carbocycles. The molecule has 0 unspecified atom stereocenters. The Morgan fingerprint density at radius 1 is 0.920 bits per heavy atom. The van der Waals surface area contributed by atoms with Crippen LogP contribution >= 0.6 is 0 Å². The number of piperidine rings is 1. The number of likely N-dealkylation sites (tertiary alicyclic amines) is 1. The number of amides is 2. The number of benzene rings is 1. The molecule has 0 bridgehead atoms. The molecule has 2 aromatic rings. The molecule has 0 saturated carbocycles. The highest BCUT2D eigenvalue weighted by Crippen LogP contribution is 2.16. The molecule has 1 aliphatic rings. The zero-order valence-corrected chi connectivity index (χ0v) is 14.7. The molecule has 0 radical (unpaired) electrons. The van der Waals surface area contributed by atoms with Gasteiger partial charge in [-0.2, -0.15) is 0 Å². The number of carbonyl (C=O) groups excluding carboxylic acids is 2. The lowest BCUT2D eigenvalue weighted by Crippen LogP contribution is -2.35. The summed E-state index contributed by atoms with van der Waals surface area (Å²) in [4.78, 5) is 31.0. The van der Waals surface area contributed by atoms with Crippen molar-refractivity contribution < 1.29 is 9.59 Å². The lowest BCUT2D eigenvalue weighted by molar-refractivity contribution is 0.0724. The molecule has 1 fully saturated rings. The van der Waals surface area contributed by atoms with Crippen molar-refractivity contribution in [3.05, 3.63) is 58.9 Å². The van der Waals surface area contributed by atoms with Crippen LogP contribution in [0.2, 0.25) is 0 Å². The number of nitrogens with one attached hydrogen (secondary N) is 1. The van der Waals surface area contributed by atoms with Crippen molar-refractivity contribution >= 4 is 17.5 Å². The summed E-state index contributed by atoms with van der Waals surface area (Å²) in [6, 6.07) is 7.51. The SMILES string of the molecule is Cc1cc(C)cc(NC(=O)c2cncc(C(=O)N3CCCCC3)c2)c1. The summed E-state index contributed by atoms with van der Waals surface area (Å²) in [6.07, 6.45) is 6.26. The van der Waals surface area contributed by atoms with Crippen molar-refractivity contribution in [3.8, 4) is 0 Å². The Hall–Kier alpha value is -2.69. The van der Waals surface area contributed by atoms with Crippen LogP contribution in [0.3, 0.4) is 0 Å². The van der Waals surface area contributed by atoms with E-state index in [1.807, 2.05) is 30.9 Å². The van der Waals surface area contributed by atoms with Gasteiger partial charge in [-0.05, 0) is 62.4 Å². The van der Waals surface area contributed by atoms with Gasteiger partial charge in [0.2, 0.25) is 0 Å². The number of nitrogens with zero attached hydrogens (tertiary/aromatic N) is 2. The van der Waals surface area contributed by atoms with E-state index in [-0.39, 0.29) is 11.8 Å². The second-order valence-electron chi connectivity index (χ2n) is 6.65. The molecule has 1 aromatic heterocycles. The van der Waals surface area contributed by atoms with Crippen LogP contribution in [0, 0.1) is 13.8 Å². The maximum Gasteiger partial charge on any atom is 0.257 e. The molecule has 2 amide bonds. The van der Waals surface area contributed by atoms with Crippen molar-refractivity contribution in [2.24, 2.45) is 0 Å². The predicted molar refractivity (Wildman–Crippen MR) is 97.9 cm³/mol. The van der Waals surface area contributed by atoms with Crippen molar-refractivity contribution in [1.29, 1.82) is 0 Å².